The number of ether oxygens (including phenoxy) is 1. The summed E-state index contributed by atoms with van der Waals surface area (Å²) in [6, 6.07) is 4.99. The van der Waals surface area contributed by atoms with Crippen LogP contribution < -0.4 is 11.1 Å². The highest BCUT2D eigenvalue weighted by atomic mass is 16.5. The molecule has 0 bridgehead atoms. The van der Waals surface area contributed by atoms with Gasteiger partial charge in [-0.1, -0.05) is 6.07 Å². The van der Waals surface area contributed by atoms with Gasteiger partial charge in [-0.2, -0.15) is 0 Å². The van der Waals surface area contributed by atoms with Crippen LogP contribution in [0.4, 0.5) is 0 Å². The van der Waals surface area contributed by atoms with Gasteiger partial charge in [-0.15, -0.1) is 0 Å². The van der Waals surface area contributed by atoms with E-state index in [1.807, 2.05) is 0 Å². The predicted octanol–water partition coefficient (Wildman–Crippen LogP) is 1.76. The molecule has 0 aliphatic carbocycles. The van der Waals surface area contributed by atoms with Crippen molar-refractivity contribution in [1.29, 1.82) is 5.41 Å². The molecule has 3 aromatic rings. The molecule has 2 N–H and O–H groups in total. The van der Waals surface area contributed by atoms with Crippen LogP contribution in [0.5, 0.6) is 0 Å². The minimum absolute atomic E-state index is 0.109. The Morgan fingerprint density at radius 3 is 2.87 bits per heavy atom. The van der Waals surface area contributed by atoms with Crippen molar-refractivity contribution < 1.29 is 13.9 Å². The maximum atomic E-state index is 12.4. The number of pyridine rings is 2. The molecule has 0 radical (unpaired) electrons. The zero-order chi connectivity index (χ0) is 16.6. The van der Waals surface area contributed by atoms with Crippen molar-refractivity contribution in [2.24, 2.45) is 0 Å². The number of fused-ring (bicyclic) bond motifs is 1. The standard InChI is InChI=1S/C16H13N3O4/c1-8-6-10-12(15(20)19-8)11(9-4-3-5-18-7-9)13(14(17)23-10)16(21)22-2/h3-7,17H,1-2H3,(H,19,20). The van der Waals surface area contributed by atoms with E-state index >= 15 is 0 Å². The van der Waals surface area contributed by atoms with Gasteiger partial charge in [0.2, 0.25) is 5.55 Å². The minimum Gasteiger partial charge on any atom is -0.465 e. The Morgan fingerprint density at radius 1 is 1.43 bits per heavy atom. The number of nitrogens with zero attached hydrogens (tertiary/aromatic N) is 1. The Balaban J connectivity index is 2.58. The molecule has 0 saturated heterocycles. The molecule has 23 heavy (non-hydrogen) atoms. The predicted molar refractivity (Wildman–Crippen MR) is 82.0 cm³/mol. The van der Waals surface area contributed by atoms with E-state index in [0.29, 0.717) is 11.3 Å². The maximum absolute atomic E-state index is 12.4. The number of aromatic nitrogens is 2. The van der Waals surface area contributed by atoms with Crippen LogP contribution >= 0.6 is 0 Å². The van der Waals surface area contributed by atoms with Crippen molar-refractivity contribution in [3.8, 4) is 11.1 Å². The van der Waals surface area contributed by atoms with Gasteiger partial charge in [-0.3, -0.25) is 15.2 Å². The van der Waals surface area contributed by atoms with E-state index in [0.717, 1.165) is 0 Å². The van der Waals surface area contributed by atoms with Gasteiger partial charge < -0.3 is 14.1 Å². The fraction of sp³-hybridized carbons (Fsp3) is 0.125. The van der Waals surface area contributed by atoms with Crippen LogP contribution in [-0.4, -0.2) is 23.0 Å². The number of carbonyl (C=O) groups excluding carboxylic acids is 1. The molecule has 7 nitrogen and oxygen atoms in total. The van der Waals surface area contributed by atoms with Crippen LogP contribution in [0.1, 0.15) is 16.1 Å². The molecule has 116 valence electrons. The van der Waals surface area contributed by atoms with Crippen LogP contribution in [-0.2, 0) is 4.74 Å². The topological polar surface area (TPSA) is 109 Å². The third kappa shape index (κ3) is 2.42. The molecule has 0 spiro atoms. The lowest BCUT2D eigenvalue weighted by Gasteiger charge is -2.11. The van der Waals surface area contributed by atoms with E-state index in [1.165, 1.54) is 13.3 Å². The number of carbonyl (C=O) groups is 1. The van der Waals surface area contributed by atoms with Gasteiger partial charge in [0, 0.05) is 35.3 Å². The van der Waals surface area contributed by atoms with E-state index in [-0.39, 0.29) is 27.7 Å². The molecule has 3 heterocycles. The van der Waals surface area contributed by atoms with Crippen molar-refractivity contribution in [3.63, 3.8) is 0 Å². The lowest BCUT2D eigenvalue weighted by molar-refractivity contribution is 0.0596. The van der Waals surface area contributed by atoms with Crippen LogP contribution in [0.25, 0.3) is 22.1 Å². The normalized spacial score (nSPS) is 10.7. The number of aromatic amines is 1. The summed E-state index contributed by atoms with van der Waals surface area (Å²) in [6.45, 7) is 1.71. The molecule has 0 fully saturated rings. The molecule has 0 aliphatic rings. The van der Waals surface area contributed by atoms with Crippen molar-refractivity contribution in [3.05, 3.63) is 57.8 Å². The molecule has 0 saturated carbocycles. The van der Waals surface area contributed by atoms with Crippen LogP contribution in [0.3, 0.4) is 0 Å². The Hall–Kier alpha value is -3.22. The Kier molecular flexibility index (Phi) is 3.53. The zero-order valence-electron chi connectivity index (χ0n) is 12.5. The molecule has 0 amide bonds. The summed E-state index contributed by atoms with van der Waals surface area (Å²) in [5.74, 6) is -0.750. The van der Waals surface area contributed by atoms with Crippen LogP contribution in [0.15, 0.2) is 39.8 Å². The van der Waals surface area contributed by atoms with Gasteiger partial charge in [-0.05, 0) is 13.0 Å². The first kappa shape index (κ1) is 14.7. The van der Waals surface area contributed by atoms with E-state index in [1.54, 1.807) is 31.3 Å². The van der Waals surface area contributed by atoms with Gasteiger partial charge in [0.05, 0.1) is 12.5 Å². The highest BCUT2D eigenvalue weighted by molar-refractivity contribution is 6.05. The molecular formula is C16H13N3O4. The number of aryl methyl sites for hydroxylation is 1. The quantitative estimate of drug-likeness (QED) is 0.701. The third-order valence-corrected chi connectivity index (χ3v) is 3.41. The average Bonchev–Trinajstić information content (AvgIpc) is 2.53. The molecule has 0 aliphatic heterocycles. The summed E-state index contributed by atoms with van der Waals surface area (Å²) in [6.07, 6.45) is 3.09. The van der Waals surface area contributed by atoms with Crippen molar-refractivity contribution in [1.82, 2.24) is 9.97 Å². The Morgan fingerprint density at radius 2 is 2.22 bits per heavy atom. The molecule has 3 rings (SSSR count). The number of H-pyrrole nitrogens is 1. The van der Waals surface area contributed by atoms with E-state index in [2.05, 4.69) is 9.97 Å². The summed E-state index contributed by atoms with van der Waals surface area (Å²) < 4.78 is 10.1. The summed E-state index contributed by atoms with van der Waals surface area (Å²) in [5.41, 5.74) is 0.730. The number of hydrogen-bond donors (Lipinski definition) is 2. The second-order valence-corrected chi connectivity index (χ2v) is 4.94. The SMILES string of the molecule is COC(=O)c1c(-c2cccnc2)c2c(=O)[nH]c(C)cc2oc1=N. The summed E-state index contributed by atoms with van der Waals surface area (Å²) >= 11 is 0. The lowest BCUT2D eigenvalue weighted by Crippen LogP contribution is -2.20. The average molecular weight is 311 g/mol. The monoisotopic (exact) mass is 311 g/mol. The highest BCUT2D eigenvalue weighted by Crippen LogP contribution is 2.28. The van der Waals surface area contributed by atoms with E-state index < -0.39 is 11.5 Å². The highest BCUT2D eigenvalue weighted by Gasteiger charge is 2.23. The summed E-state index contributed by atoms with van der Waals surface area (Å²) in [7, 11) is 1.21. The van der Waals surface area contributed by atoms with E-state index in [9.17, 15) is 9.59 Å². The van der Waals surface area contributed by atoms with Gasteiger partial charge >= 0.3 is 5.97 Å². The number of methoxy groups -OCH3 is 1. The third-order valence-electron chi connectivity index (χ3n) is 3.41. The number of nitrogens with one attached hydrogen (secondary N) is 2. The summed E-state index contributed by atoms with van der Waals surface area (Å²) in [4.78, 5) is 31.2. The molecule has 0 aromatic carbocycles. The Bertz CT molecular complexity index is 1020. The molecule has 3 aromatic heterocycles. The number of rotatable bonds is 2. The minimum atomic E-state index is -0.750. The zero-order valence-corrected chi connectivity index (χ0v) is 12.5. The van der Waals surface area contributed by atoms with Gasteiger partial charge in [0.1, 0.15) is 11.1 Å². The smallest absolute Gasteiger partial charge is 0.344 e. The van der Waals surface area contributed by atoms with Crippen LogP contribution in [0, 0.1) is 12.3 Å². The maximum Gasteiger partial charge on any atom is 0.344 e. The largest absolute Gasteiger partial charge is 0.465 e. The molecule has 0 unspecified atom stereocenters. The van der Waals surface area contributed by atoms with Crippen molar-refractivity contribution >= 4 is 16.9 Å². The lowest BCUT2D eigenvalue weighted by atomic mass is 9.99. The fourth-order valence-corrected chi connectivity index (χ4v) is 2.47. The molecule has 0 atom stereocenters. The van der Waals surface area contributed by atoms with Crippen LogP contribution in [0.2, 0.25) is 0 Å². The Labute approximate surface area is 130 Å². The van der Waals surface area contributed by atoms with Crippen molar-refractivity contribution in [2.45, 2.75) is 6.92 Å². The van der Waals surface area contributed by atoms with E-state index in [4.69, 9.17) is 14.6 Å². The second kappa shape index (κ2) is 5.53. The molecular weight excluding hydrogens is 298 g/mol. The van der Waals surface area contributed by atoms with Gasteiger partial charge in [0.25, 0.3) is 5.56 Å². The van der Waals surface area contributed by atoms with Gasteiger partial charge in [0.15, 0.2) is 0 Å². The summed E-state index contributed by atoms with van der Waals surface area (Å²) in [5, 5.41) is 8.20. The molecule has 7 heteroatoms. The fourth-order valence-electron chi connectivity index (χ4n) is 2.47. The van der Waals surface area contributed by atoms with Crippen molar-refractivity contribution in [2.75, 3.05) is 7.11 Å². The number of esters is 1. The number of hydrogen-bond acceptors (Lipinski definition) is 6. The van der Waals surface area contributed by atoms with Gasteiger partial charge in [-0.25, -0.2) is 4.79 Å². The second-order valence-electron chi connectivity index (χ2n) is 4.94. The first-order valence-corrected chi connectivity index (χ1v) is 6.77. The first-order chi connectivity index (χ1) is 11.0. The first-order valence-electron chi connectivity index (χ1n) is 6.77.